The zero-order valence-electron chi connectivity index (χ0n) is 10.5. The Hall–Kier alpha value is -2.10. The van der Waals surface area contributed by atoms with Crippen molar-refractivity contribution in [3.05, 3.63) is 47.5 Å². The third-order valence-electron chi connectivity index (χ3n) is 3.09. The molecule has 1 unspecified atom stereocenters. The molecule has 1 aliphatic rings. The van der Waals surface area contributed by atoms with E-state index in [0.717, 1.165) is 0 Å². The number of aryl methyl sites for hydroxylation is 1. The molecule has 1 aliphatic heterocycles. The van der Waals surface area contributed by atoms with Gasteiger partial charge in [0.05, 0.1) is 0 Å². The van der Waals surface area contributed by atoms with E-state index in [1.165, 1.54) is 19.1 Å². The molecule has 0 saturated carbocycles. The quantitative estimate of drug-likeness (QED) is 0.771. The van der Waals surface area contributed by atoms with E-state index >= 15 is 0 Å². The lowest BCUT2D eigenvalue weighted by Gasteiger charge is -2.09. The van der Waals surface area contributed by atoms with Crippen LogP contribution in [0.4, 0.5) is 8.78 Å². The summed E-state index contributed by atoms with van der Waals surface area (Å²) in [5.41, 5.74) is 0.954. The molecule has 0 aliphatic carbocycles. The normalized spacial score (nSPS) is 16.7. The maximum atomic E-state index is 14.0. The van der Waals surface area contributed by atoms with Gasteiger partial charge >= 0.3 is 0 Å². The maximum absolute atomic E-state index is 14.0. The standard InChI is InChI=1S/C15H12F2O2/c1-8-6-13(17)11(7-12(8)16)10-4-3-5-14-15(10)19-9(2)18-14/h3-7,9H,1-2H3. The number of halogens is 2. The molecule has 0 aromatic heterocycles. The molecule has 3 rings (SSSR count). The fourth-order valence-corrected chi connectivity index (χ4v) is 2.16. The van der Waals surface area contributed by atoms with Crippen LogP contribution in [-0.4, -0.2) is 6.29 Å². The molecule has 2 aromatic carbocycles. The molecule has 0 spiro atoms. The van der Waals surface area contributed by atoms with Gasteiger partial charge in [-0.05, 0) is 30.7 Å². The highest BCUT2D eigenvalue weighted by Crippen LogP contribution is 2.43. The Labute approximate surface area is 109 Å². The average molecular weight is 262 g/mol. The number of fused-ring (bicyclic) bond motifs is 1. The number of benzene rings is 2. The highest BCUT2D eigenvalue weighted by atomic mass is 19.1. The second-order valence-corrected chi connectivity index (χ2v) is 4.52. The Kier molecular flexibility index (Phi) is 2.66. The van der Waals surface area contributed by atoms with E-state index in [1.807, 2.05) is 0 Å². The van der Waals surface area contributed by atoms with Crippen molar-refractivity contribution in [2.75, 3.05) is 0 Å². The molecular weight excluding hydrogens is 250 g/mol. The van der Waals surface area contributed by atoms with Crippen molar-refractivity contribution < 1.29 is 18.3 Å². The van der Waals surface area contributed by atoms with Crippen molar-refractivity contribution in [1.29, 1.82) is 0 Å². The molecule has 98 valence electrons. The molecule has 0 N–H and O–H groups in total. The van der Waals surface area contributed by atoms with Gasteiger partial charge < -0.3 is 9.47 Å². The summed E-state index contributed by atoms with van der Waals surface area (Å²) in [5, 5.41) is 0. The number of hydrogen-bond acceptors (Lipinski definition) is 2. The lowest BCUT2D eigenvalue weighted by atomic mass is 10.0. The number of ether oxygens (including phenoxy) is 2. The third kappa shape index (κ3) is 1.93. The summed E-state index contributed by atoms with van der Waals surface area (Å²) in [7, 11) is 0. The second kappa shape index (κ2) is 4.23. The summed E-state index contributed by atoms with van der Waals surface area (Å²) in [6.45, 7) is 3.27. The first-order valence-corrected chi connectivity index (χ1v) is 5.98. The Morgan fingerprint density at radius 3 is 2.58 bits per heavy atom. The molecular formula is C15H12F2O2. The van der Waals surface area contributed by atoms with Crippen molar-refractivity contribution in [3.8, 4) is 22.6 Å². The van der Waals surface area contributed by atoms with Crippen molar-refractivity contribution in [1.82, 2.24) is 0 Å². The van der Waals surface area contributed by atoms with Crippen molar-refractivity contribution >= 4 is 0 Å². The van der Waals surface area contributed by atoms with Gasteiger partial charge in [-0.2, -0.15) is 0 Å². The van der Waals surface area contributed by atoms with Gasteiger partial charge in [-0.1, -0.05) is 12.1 Å². The lowest BCUT2D eigenvalue weighted by Crippen LogP contribution is -2.11. The van der Waals surface area contributed by atoms with Crippen LogP contribution in [-0.2, 0) is 0 Å². The van der Waals surface area contributed by atoms with Crippen LogP contribution < -0.4 is 9.47 Å². The molecule has 2 nitrogen and oxygen atoms in total. The van der Waals surface area contributed by atoms with Gasteiger partial charge in [0, 0.05) is 18.1 Å². The lowest BCUT2D eigenvalue weighted by molar-refractivity contribution is 0.0681. The predicted octanol–water partition coefficient (Wildman–Crippen LogP) is 4.06. The molecule has 0 saturated heterocycles. The van der Waals surface area contributed by atoms with E-state index in [0.29, 0.717) is 17.1 Å². The Bertz CT molecular complexity index is 653. The monoisotopic (exact) mass is 262 g/mol. The molecule has 0 fully saturated rings. The van der Waals surface area contributed by atoms with Gasteiger partial charge in [0.15, 0.2) is 11.5 Å². The molecule has 4 heteroatoms. The highest BCUT2D eigenvalue weighted by molar-refractivity contribution is 5.75. The zero-order chi connectivity index (χ0) is 13.6. The first kappa shape index (κ1) is 12.0. The van der Waals surface area contributed by atoms with Gasteiger partial charge in [-0.15, -0.1) is 0 Å². The topological polar surface area (TPSA) is 18.5 Å². The van der Waals surface area contributed by atoms with Crippen LogP contribution in [0.25, 0.3) is 11.1 Å². The van der Waals surface area contributed by atoms with Gasteiger partial charge in [0.25, 0.3) is 0 Å². The van der Waals surface area contributed by atoms with Gasteiger partial charge in [-0.3, -0.25) is 0 Å². The van der Waals surface area contributed by atoms with Crippen LogP contribution in [0.15, 0.2) is 30.3 Å². The van der Waals surface area contributed by atoms with Crippen LogP contribution >= 0.6 is 0 Å². The van der Waals surface area contributed by atoms with Crippen LogP contribution in [0.2, 0.25) is 0 Å². The molecule has 1 atom stereocenters. The van der Waals surface area contributed by atoms with E-state index in [1.54, 1.807) is 25.1 Å². The molecule has 1 heterocycles. The molecule has 2 aromatic rings. The van der Waals surface area contributed by atoms with Crippen LogP contribution in [0.5, 0.6) is 11.5 Å². The Balaban J connectivity index is 2.19. The highest BCUT2D eigenvalue weighted by Gasteiger charge is 2.25. The fourth-order valence-electron chi connectivity index (χ4n) is 2.16. The fraction of sp³-hybridized carbons (Fsp3) is 0.200. The van der Waals surface area contributed by atoms with Gasteiger partial charge in [-0.25, -0.2) is 8.78 Å². The molecule has 0 radical (unpaired) electrons. The molecule has 0 amide bonds. The second-order valence-electron chi connectivity index (χ2n) is 4.52. The minimum Gasteiger partial charge on any atom is -0.451 e. The summed E-state index contributed by atoms with van der Waals surface area (Å²) in [6, 6.07) is 7.53. The van der Waals surface area contributed by atoms with Crippen LogP contribution in [0, 0.1) is 18.6 Å². The first-order valence-electron chi connectivity index (χ1n) is 5.98. The minimum atomic E-state index is -0.476. The SMILES string of the molecule is Cc1cc(F)c(-c2cccc3c2OC(C)O3)cc1F. The summed E-state index contributed by atoms with van der Waals surface area (Å²) < 4.78 is 38.6. The summed E-state index contributed by atoms with van der Waals surface area (Å²) in [5.74, 6) is 0.0824. The van der Waals surface area contributed by atoms with Crippen molar-refractivity contribution in [2.24, 2.45) is 0 Å². The van der Waals surface area contributed by atoms with Gasteiger partial charge in [0.2, 0.25) is 6.29 Å². The Morgan fingerprint density at radius 2 is 1.79 bits per heavy atom. The van der Waals surface area contributed by atoms with Crippen LogP contribution in [0.1, 0.15) is 12.5 Å². The van der Waals surface area contributed by atoms with E-state index in [-0.39, 0.29) is 11.1 Å². The Morgan fingerprint density at radius 1 is 1.00 bits per heavy atom. The average Bonchev–Trinajstić information content (AvgIpc) is 2.74. The van der Waals surface area contributed by atoms with Gasteiger partial charge in [0.1, 0.15) is 11.6 Å². The van der Waals surface area contributed by atoms with E-state index in [2.05, 4.69) is 0 Å². The van der Waals surface area contributed by atoms with Crippen molar-refractivity contribution in [3.63, 3.8) is 0 Å². The third-order valence-corrected chi connectivity index (χ3v) is 3.09. The predicted molar refractivity (Wildman–Crippen MR) is 67.2 cm³/mol. The summed E-state index contributed by atoms with van der Waals surface area (Å²) >= 11 is 0. The van der Waals surface area contributed by atoms with E-state index in [9.17, 15) is 8.78 Å². The zero-order valence-corrected chi connectivity index (χ0v) is 10.5. The van der Waals surface area contributed by atoms with Crippen molar-refractivity contribution in [2.45, 2.75) is 20.1 Å². The largest absolute Gasteiger partial charge is 0.451 e. The maximum Gasteiger partial charge on any atom is 0.238 e. The first-order chi connectivity index (χ1) is 9.06. The smallest absolute Gasteiger partial charge is 0.238 e. The van der Waals surface area contributed by atoms with E-state index < -0.39 is 17.9 Å². The summed E-state index contributed by atoms with van der Waals surface area (Å²) in [4.78, 5) is 0. The minimum absolute atomic E-state index is 0.178. The number of hydrogen-bond donors (Lipinski definition) is 0. The molecule has 19 heavy (non-hydrogen) atoms. The number of rotatable bonds is 1. The van der Waals surface area contributed by atoms with E-state index in [4.69, 9.17) is 9.47 Å². The molecule has 0 bridgehead atoms. The summed E-state index contributed by atoms with van der Waals surface area (Å²) in [6.07, 6.45) is -0.422. The van der Waals surface area contributed by atoms with Crippen LogP contribution in [0.3, 0.4) is 0 Å². The number of para-hydroxylation sites is 1.